The van der Waals surface area contributed by atoms with E-state index in [4.69, 9.17) is 4.74 Å². The van der Waals surface area contributed by atoms with Gasteiger partial charge in [0, 0.05) is 32.6 Å². The van der Waals surface area contributed by atoms with Crippen molar-refractivity contribution in [3.05, 3.63) is 23.8 Å². The Hall–Kier alpha value is -1.91. The molecule has 0 spiro atoms. The molecule has 10 heteroatoms. The number of carbonyl (C=O) groups excluding carboxylic acids is 2. The second kappa shape index (κ2) is 9.73. The standard InChI is InChI=1S/C19H26F2N4O3S/c1-22-18(27)19(23-12-26)6-2-3-13(19)11-24-29-15-5-4-14(16(20)17(15)21)25-7-9-28-10-8-25/h4-5,12-13,24H,2-3,6-11H2,1H3,(H,22,27)(H,23,26). The third-order valence-electron chi connectivity index (χ3n) is 5.66. The van der Waals surface area contributed by atoms with E-state index >= 15 is 0 Å². The molecule has 0 aromatic heterocycles. The predicted molar refractivity (Wildman–Crippen MR) is 107 cm³/mol. The molecule has 2 amide bonds. The minimum atomic E-state index is -0.978. The molecule has 3 rings (SSSR count). The number of hydrogen-bond donors (Lipinski definition) is 3. The second-order valence-electron chi connectivity index (χ2n) is 7.16. The van der Waals surface area contributed by atoms with Gasteiger partial charge in [0.1, 0.15) is 5.54 Å². The number of amides is 2. The van der Waals surface area contributed by atoms with Gasteiger partial charge in [-0.05, 0) is 36.9 Å². The summed E-state index contributed by atoms with van der Waals surface area (Å²) in [5, 5.41) is 5.29. The van der Waals surface area contributed by atoms with Gasteiger partial charge in [0.2, 0.25) is 12.3 Å². The van der Waals surface area contributed by atoms with Crippen molar-refractivity contribution >= 4 is 30.0 Å². The molecule has 0 radical (unpaired) electrons. The zero-order chi connectivity index (χ0) is 20.9. The molecule has 1 aromatic rings. The Bertz CT molecular complexity index is 748. The van der Waals surface area contributed by atoms with Crippen LogP contribution in [0.2, 0.25) is 0 Å². The number of ether oxygens (including phenoxy) is 1. The Morgan fingerprint density at radius 2 is 2.10 bits per heavy atom. The second-order valence-corrected chi connectivity index (χ2v) is 8.10. The molecule has 29 heavy (non-hydrogen) atoms. The minimum absolute atomic E-state index is 0.145. The lowest BCUT2D eigenvalue weighted by Gasteiger charge is -2.33. The monoisotopic (exact) mass is 428 g/mol. The van der Waals surface area contributed by atoms with Gasteiger partial charge in [-0.25, -0.2) is 8.78 Å². The largest absolute Gasteiger partial charge is 0.378 e. The van der Waals surface area contributed by atoms with E-state index in [1.165, 1.54) is 7.05 Å². The number of benzene rings is 1. The molecular weight excluding hydrogens is 402 g/mol. The number of carbonyl (C=O) groups is 2. The third-order valence-corrected chi connectivity index (χ3v) is 6.51. The summed E-state index contributed by atoms with van der Waals surface area (Å²) < 4.78 is 37.4. The summed E-state index contributed by atoms with van der Waals surface area (Å²) >= 11 is 0.986. The Kier molecular flexibility index (Phi) is 7.31. The van der Waals surface area contributed by atoms with Crippen molar-refractivity contribution in [3.63, 3.8) is 0 Å². The maximum absolute atomic E-state index is 14.6. The smallest absolute Gasteiger partial charge is 0.245 e. The molecule has 1 saturated heterocycles. The number of nitrogens with zero attached hydrogens (tertiary/aromatic N) is 1. The normalized spacial score (nSPS) is 24.4. The molecule has 2 aliphatic rings. The van der Waals surface area contributed by atoms with Gasteiger partial charge >= 0.3 is 0 Å². The summed E-state index contributed by atoms with van der Waals surface area (Å²) in [5.74, 6) is -2.17. The van der Waals surface area contributed by atoms with Crippen molar-refractivity contribution < 1.29 is 23.1 Å². The van der Waals surface area contributed by atoms with Crippen LogP contribution in [0.25, 0.3) is 0 Å². The van der Waals surface area contributed by atoms with Crippen molar-refractivity contribution in [3.8, 4) is 0 Å². The zero-order valence-corrected chi connectivity index (χ0v) is 17.1. The molecule has 160 valence electrons. The maximum Gasteiger partial charge on any atom is 0.245 e. The van der Waals surface area contributed by atoms with Crippen LogP contribution in [0.15, 0.2) is 17.0 Å². The average Bonchev–Trinajstić information content (AvgIpc) is 3.15. The van der Waals surface area contributed by atoms with E-state index in [0.29, 0.717) is 45.7 Å². The molecule has 2 atom stereocenters. The van der Waals surface area contributed by atoms with Crippen LogP contribution in [0.4, 0.5) is 14.5 Å². The Morgan fingerprint density at radius 3 is 2.79 bits per heavy atom. The van der Waals surface area contributed by atoms with Crippen LogP contribution in [0.5, 0.6) is 0 Å². The van der Waals surface area contributed by atoms with Gasteiger partial charge in [-0.15, -0.1) is 0 Å². The van der Waals surface area contributed by atoms with Gasteiger partial charge in [-0.1, -0.05) is 6.42 Å². The Morgan fingerprint density at radius 1 is 1.34 bits per heavy atom. The van der Waals surface area contributed by atoms with Crippen molar-refractivity contribution in [2.45, 2.75) is 29.7 Å². The number of nitrogens with one attached hydrogen (secondary N) is 3. The average molecular weight is 429 g/mol. The topological polar surface area (TPSA) is 82.7 Å². The van der Waals surface area contributed by atoms with Crippen molar-refractivity contribution in [2.24, 2.45) is 5.92 Å². The van der Waals surface area contributed by atoms with E-state index in [9.17, 15) is 18.4 Å². The molecule has 1 aliphatic heterocycles. The zero-order valence-electron chi connectivity index (χ0n) is 16.3. The number of anilines is 1. The van der Waals surface area contributed by atoms with Gasteiger partial charge in [0.15, 0.2) is 11.6 Å². The van der Waals surface area contributed by atoms with Crippen LogP contribution in [0.3, 0.4) is 0 Å². The number of rotatable bonds is 8. The number of halogens is 2. The van der Waals surface area contributed by atoms with Crippen LogP contribution in [-0.2, 0) is 14.3 Å². The number of hydrogen-bond acceptors (Lipinski definition) is 6. The van der Waals surface area contributed by atoms with Gasteiger partial charge in [0.05, 0.1) is 23.8 Å². The molecule has 0 bridgehead atoms. The van der Waals surface area contributed by atoms with Crippen LogP contribution in [0, 0.1) is 17.6 Å². The lowest BCUT2D eigenvalue weighted by molar-refractivity contribution is -0.131. The van der Waals surface area contributed by atoms with Crippen LogP contribution >= 0.6 is 11.9 Å². The van der Waals surface area contributed by atoms with E-state index in [0.717, 1.165) is 24.8 Å². The van der Waals surface area contributed by atoms with E-state index < -0.39 is 17.2 Å². The summed E-state index contributed by atoms with van der Waals surface area (Å²) in [6, 6.07) is 3.12. The molecule has 1 aliphatic carbocycles. The summed E-state index contributed by atoms with van der Waals surface area (Å²) in [7, 11) is 1.53. The summed E-state index contributed by atoms with van der Waals surface area (Å²) in [4.78, 5) is 25.3. The van der Waals surface area contributed by atoms with E-state index in [1.807, 2.05) is 0 Å². The molecule has 1 saturated carbocycles. The van der Waals surface area contributed by atoms with Crippen LogP contribution in [-0.4, -0.2) is 57.8 Å². The van der Waals surface area contributed by atoms with E-state index in [2.05, 4.69) is 15.4 Å². The quantitative estimate of drug-likeness (QED) is 0.429. The Labute approximate surface area is 173 Å². The minimum Gasteiger partial charge on any atom is -0.378 e. The highest BCUT2D eigenvalue weighted by Gasteiger charge is 2.48. The van der Waals surface area contributed by atoms with E-state index in [1.54, 1.807) is 17.0 Å². The summed E-state index contributed by atoms with van der Waals surface area (Å²) in [6.45, 7) is 2.39. The molecule has 3 N–H and O–H groups in total. The SMILES string of the molecule is CNC(=O)C1(NC=O)CCCC1CNSc1ccc(N2CCOCC2)c(F)c1F. The predicted octanol–water partition coefficient (Wildman–Crippen LogP) is 1.43. The van der Waals surface area contributed by atoms with Crippen molar-refractivity contribution in [2.75, 3.05) is 44.8 Å². The summed E-state index contributed by atoms with van der Waals surface area (Å²) in [5.41, 5.74) is -0.742. The highest BCUT2D eigenvalue weighted by Crippen LogP contribution is 2.36. The molecule has 1 aromatic carbocycles. The first kappa shape index (κ1) is 21.8. The first-order valence-electron chi connectivity index (χ1n) is 9.67. The van der Waals surface area contributed by atoms with Crippen molar-refractivity contribution in [1.29, 1.82) is 0 Å². The number of likely N-dealkylation sites (N-methyl/N-ethyl adjacent to an activating group) is 1. The van der Waals surface area contributed by atoms with Gasteiger partial charge in [-0.2, -0.15) is 0 Å². The van der Waals surface area contributed by atoms with Crippen molar-refractivity contribution in [1.82, 2.24) is 15.4 Å². The fourth-order valence-corrected chi connectivity index (χ4v) is 4.86. The molecule has 1 heterocycles. The maximum atomic E-state index is 14.6. The number of morpholine rings is 1. The van der Waals surface area contributed by atoms with Gasteiger partial charge < -0.3 is 20.3 Å². The van der Waals surface area contributed by atoms with E-state index in [-0.39, 0.29) is 22.4 Å². The van der Waals surface area contributed by atoms with Crippen LogP contribution < -0.4 is 20.3 Å². The Balaban J connectivity index is 1.64. The first-order valence-corrected chi connectivity index (χ1v) is 10.5. The fraction of sp³-hybridized carbons (Fsp3) is 0.579. The summed E-state index contributed by atoms with van der Waals surface area (Å²) in [6.07, 6.45) is 2.62. The highest BCUT2D eigenvalue weighted by atomic mass is 32.2. The van der Waals surface area contributed by atoms with Crippen LogP contribution in [0.1, 0.15) is 19.3 Å². The first-order chi connectivity index (χ1) is 14.0. The highest BCUT2D eigenvalue weighted by molar-refractivity contribution is 7.97. The molecule has 2 unspecified atom stereocenters. The third kappa shape index (κ3) is 4.49. The lowest BCUT2D eigenvalue weighted by atomic mass is 9.86. The molecule has 7 nitrogen and oxygen atoms in total. The molecular formula is C19H26F2N4O3S. The fourth-order valence-electron chi connectivity index (χ4n) is 4.11. The van der Waals surface area contributed by atoms with Gasteiger partial charge in [0.25, 0.3) is 0 Å². The lowest BCUT2D eigenvalue weighted by Crippen LogP contribution is -2.59. The molecule has 2 fully saturated rings. The van der Waals surface area contributed by atoms with Gasteiger partial charge in [-0.3, -0.25) is 14.3 Å².